The molecule has 1 nitrogen and oxygen atoms in total. The van der Waals surface area contributed by atoms with Crippen molar-refractivity contribution in [3.63, 3.8) is 0 Å². The van der Waals surface area contributed by atoms with Gasteiger partial charge < -0.3 is 5.32 Å². The Hall–Kier alpha value is -0.180. The molecule has 0 heterocycles. The summed E-state index contributed by atoms with van der Waals surface area (Å²) in [5.74, 6) is 1.15. The van der Waals surface area contributed by atoms with E-state index < -0.39 is 0 Å². The molecule has 0 spiro atoms. The number of hydrogen-bond acceptors (Lipinski definition) is 2. The second-order valence-electron chi connectivity index (χ2n) is 3.76. The quantitative estimate of drug-likeness (QED) is 0.602. The van der Waals surface area contributed by atoms with Gasteiger partial charge in [-0.3, -0.25) is 0 Å². The van der Waals surface area contributed by atoms with Crippen LogP contribution in [0.25, 0.3) is 0 Å². The van der Waals surface area contributed by atoms with Crippen LogP contribution in [0, 0.1) is 0 Å². The predicted molar refractivity (Wildman–Crippen MR) is 69.9 cm³/mol. The maximum absolute atomic E-state index is 5.81. The van der Waals surface area contributed by atoms with E-state index in [0.29, 0.717) is 6.04 Å². The van der Waals surface area contributed by atoms with E-state index in [0.717, 1.165) is 17.3 Å². The van der Waals surface area contributed by atoms with Crippen LogP contribution < -0.4 is 5.32 Å². The van der Waals surface area contributed by atoms with E-state index in [2.05, 4.69) is 31.3 Å². The maximum atomic E-state index is 5.81. The molecule has 0 radical (unpaired) electrons. The van der Waals surface area contributed by atoms with Crippen molar-refractivity contribution in [2.24, 2.45) is 0 Å². The van der Waals surface area contributed by atoms with E-state index >= 15 is 0 Å². The van der Waals surface area contributed by atoms with Crippen LogP contribution in [0.2, 0.25) is 5.02 Å². The van der Waals surface area contributed by atoms with Crippen molar-refractivity contribution < 1.29 is 0 Å². The molecule has 84 valence electrons. The van der Waals surface area contributed by atoms with Gasteiger partial charge in [0.15, 0.2) is 0 Å². The summed E-state index contributed by atoms with van der Waals surface area (Å²) >= 11 is 7.69. The fraction of sp³-hybridized carbons (Fsp3) is 0.500. The molecule has 15 heavy (non-hydrogen) atoms. The Morgan fingerprint density at radius 3 is 2.53 bits per heavy atom. The second-order valence-corrected chi connectivity index (χ2v) is 5.37. The molecule has 0 bridgehead atoms. The van der Waals surface area contributed by atoms with Crippen molar-refractivity contribution in [2.75, 3.05) is 12.3 Å². The van der Waals surface area contributed by atoms with Gasteiger partial charge in [-0.1, -0.05) is 25.4 Å². The van der Waals surface area contributed by atoms with Gasteiger partial charge in [-0.05, 0) is 43.0 Å². The molecule has 0 aromatic heterocycles. The number of benzene rings is 1. The van der Waals surface area contributed by atoms with Crippen LogP contribution in [0.1, 0.15) is 20.3 Å². The third-order valence-electron chi connectivity index (χ3n) is 1.96. The summed E-state index contributed by atoms with van der Waals surface area (Å²) in [5, 5.41) is 4.21. The van der Waals surface area contributed by atoms with Crippen LogP contribution in [-0.4, -0.2) is 18.3 Å². The van der Waals surface area contributed by atoms with Gasteiger partial charge in [-0.15, -0.1) is 11.8 Å². The Morgan fingerprint density at radius 1 is 1.27 bits per heavy atom. The summed E-state index contributed by atoms with van der Waals surface area (Å²) in [5.41, 5.74) is 0. The van der Waals surface area contributed by atoms with Crippen molar-refractivity contribution >= 4 is 23.4 Å². The minimum absolute atomic E-state index is 0.588. The maximum Gasteiger partial charge on any atom is 0.0406 e. The van der Waals surface area contributed by atoms with Gasteiger partial charge in [0.2, 0.25) is 0 Å². The summed E-state index contributed by atoms with van der Waals surface area (Å²) in [6, 6.07) is 8.61. The Balaban J connectivity index is 2.12. The van der Waals surface area contributed by atoms with Gasteiger partial charge >= 0.3 is 0 Å². The van der Waals surface area contributed by atoms with Gasteiger partial charge in [-0.25, -0.2) is 0 Å². The zero-order valence-corrected chi connectivity index (χ0v) is 10.9. The van der Waals surface area contributed by atoms with Crippen LogP contribution in [0.4, 0.5) is 0 Å². The lowest BCUT2D eigenvalue weighted by Crippen LogP contribution is -2.23. The first kappa shape index (κ1) is 12.9. The highest BCUT2D eigenvalue weighted by molar-refractivity contribution is 7.99. The van der Waals surface area contributed by atoms with Crippen LogP contribution in [0.5, 0.6) is 0 Å². The molecule has 0 aliphatic carbocycles. The summed E-state index contributed by atoms with van der Waals surface area (Å²) < 4.78 is 0. The first-order chi connectivity index (χ1) is 7.18. The molecular weight excluding hydrogens is 226 g/mol. The molecule has 0 aliphatic heterocycles. The minimum Gasteiger partial charge on any atom is -0.315 e. The Bertz CT molecular complexity index is 271. The second kappa shape index (κ2) is 7.15. The average molecular weight is 244 g/mol. The largest absolute Gasteiger partial charge is 0.315 e. The van der Waals surface area contributed by atoms with Crippen molar-refractivity contribution in [3.8, 4) is 0 Å². The summed E-state index contributed by atoms with van der Waals surface area (Å²) in [6.45, 7) is 5.44. The highest BCUT2D eigenvalue weighted by Crippen LogP contribution is 2.20. The zero-order chi connectivity index (χ0) is 11.1. The van der Waals surface area contributed by atoms with Gasteiger partial charge in [-0.2, -0.15) is 0 Å². The minimum atomic E-state index is 0.588. The lowest BCUT2D eigenvalue weighted by molar-refractivity contribution is 0.586. The third kappa shape index (κ3) is 6.08. The van der Waals surface area contributed by atoms with E-state index in [-0.39, 0.29) is 0 Å². The van der Waals surface area contributed by atoms with Gasteiger partial charge in [0.1, 0.15) is 0 Å². The van der Waals surface area contributed by atoms with Crippen LogP contribution in [0.3, 0.4) is 0 Å². The van der Waals surface area contributed by atoms with Crippen molar-refractivity contribution in [1.82, 2.24) is 5.32 Å². The topological polar surface area (TPSA) is 12.0 Å². The van der Waals surface area contributed by atoms with E-state index in [1.165, 1.54) is 11.3 Å². The smallest absolute Gasteiger partial charge is 0.0406 e. The number of nitrogens with one attached hydrogen (secondary N) is 1. The predicted octanol–water partition coefficient (Wildman–Crippen LogP) is 3.82. The molecule has 0 saturated carbocycles. The third-order valence-corrected chi connectivity index (χ3v) is 3.31. The number of halogens is 1. The molecule has 0 aliphatic rings. The highest BCUT2D eigenvalue weighted by atomic mass is 35.5. The number of rotatable bonds is 6. The van der Waals surface area contributed by atoms with Gasteiger partial charge in [0, 0.05) is 16.0 Å². The zero-order valence-electron chi connectivity index (χ0n) is 9.29. The number of thioether (sulfide) groups is 1. The lowest BCUT2D eigenvalue weighted by Gasteiger charge is -2.07. The Kier molecular flexibility index (Phi) is 6.15. The van der Waals surface area contributed by atoms with E-state index in [4.69, 9.17) is 11.6 Å². The molecule has 0 amide bonds. The van der Waals surface area contributed by atoms with Crippen LogP contribution in [0.15, 0.2) is 29.2 Å². The van der Waals surface area contributed by atoms with Crippen molar-refractivity contribution in [3.05, 3.63) is 29.3 Å². The monoisotopic (exact) mass is 243 g/mol. The molecule has 1 aromatic carbocycles. The van der Waals surface area contributed by atoms with Crippen LogP contribution >= 0.6 is 23.4 Å². The summed E-state index contributed by atoms with van der Waals surface area (Å²) in [6.07, 6.45) is 1.20. The van der Waals surface area contributed by atoms with Crippen molar-refractivity contribution in [1.29, 1.82) is 0 Å². The number of hydrogen-bond donors (Lipinski definition) is 1. The fourth-order valence-corrected chi connectivity index (χ4v) is 2.16. The summed E-state index contributed by atoms with van der Waals surface area (Å²) in [7, 11) is 0. The molecule has 1 rings (SSSR count). The standard InChI is InChI=1S/C12H18ClNS/c1-10(2)14-8-3-9-15-12-6-4-11(13)5-7-12/h4-7,10,14H,3,8-9H2,1-2H3. The van der Waals surface area contributed by atoms with E-state index in [1.807, 2.05) is 23.9 Å². The van der Waals surface area contributed by atoms with E-state index in [1.54, 1.807) is 0 Å². The molecule has 0 unspecified atom stereocenters. The molecule has 0 fully saturated rings. The molecule has 0 saturated heterocycles. The molecule has 3 heteroatoms. The van der Waals surface area contributed by atoms with Gasteiger partial charge in [0.05, 0.1) is 0 Å². The van der Waals surface area contributed by atoms with Gasteiger partial charge in [0.25, 0.3) is 0 Å². The summed E-state index contributed by atoms with van der Waals surface area (Å²) in [4.78, 5) is 1.30. The van der Waals surface area contributed by atoms with Crippen molar-refractivity contribution in [2.45, 2.75) is 31.2 Å². The molecule has 1 aromatic rings. The normalized spacial score (nSPS) is 10.9. The van der Waals surface area contributed by atoms with E-state index in [9.17, 15) is 0 Å². The lowest BCUT2D eigenvalue weighted by atomic mass is 10.4. The first-order valence-electron chi connectivity index (χ1n) is 5.30. The highest BCUT2D eigenvalue weighted by Gasteiger charge is 1.95. The Morgan fingerprint density at radius 2 is 1.93 bits per heavy atom. The molecule has 0 atom stereocenters. The first-order valence-corrected chi connectivity index (χ1v) is 6.66. The van der Waals surface area contributed by atoms with Crippen LogP contribution in [-0.2, 0) is 0 Å². The fourth-order valence-electron chi connectivity index (χ4n) is 1.18. The molecular formula is C12H18ClNS. The molecule has 1 N–H and O–H groups in total. The Labute approximate surface area is 102 Å². The average Bonchev–Trinajstić information content (AvgIpc) is 2.20. The SMILES string of the molecule is CC(C)NCCCSc1ccc(Cl)cc1.